The van der Waals surface area contributed by atoms with E-state index < -0.39 is 5.97 Å². The molecule has 0 atom stereocenters. The van der Waals surface area contributed by atoms with Crippen molar-refractivity contribution in [3.05, 3.63) is 45.7 Å². The summed E-state index contributed by atoms with van der Waals surface area (Å²) in [5, 5.41) is 0.484. The lowest BCUT2D eigenvalue weighted by Gasteiger charge is -2.22. The lowest BCUT2D eigenvalue weighted by Crippen LogP contribution is -2.26. The van der Waals surface area contributed by atoms with Gasteiger partial charge in [-0.25, -0.2) is 4.79 Å². The van der Waals surface area contributed by atoms with Gasteiger partial charge in [0.15, 0.2) is 0 Å². The molecule has 2 rings (SSSR count). The van der Waals surface area contributed by atoms with Crippen molar-refractivity contribution in [3.63, 3.8) is 0 Å². The van der Waals surface area contributed by atoms with Gasteiger partial charge in [0.2, 0.25) is 5.43 Å². The van der Waals surface area contributed by atoms with Gasteiger partial charge in [-0.1, -0.05) is 11.6 Å². The van der Waals surface area contributed by atoms with Crippen LogP contribution in [0.25, 0.3) is 10.9 Å². The molecule has 6 nitrogen and oxygen atoms in total. The highest BCUT2D eigenvalue weighted by Gasteiger charge is 2.20. The van der Waals surface area contributed by atoms with Crippen molar-refractivity contribution in [3.8, 4) is 0 Å². The Morgan fingerprint density at radius 3 is 2.46 bits per heavy atom. The molecule has 2 aromatic rings. The molecule has 0 radical (unpaired) electrons. The molecule has 0 amide bonds. The number of pyridine rings is 1. The highest BCUT2D eigenvalue weighted by molar-refractivity contribution is 5.94. The molecule has 0 saturated carbocycles. The first-order chi connectivity index (χ1) is 11.5. The maximum atomic E-state index is 12.7. The Morgan fingerprint density at radius 1 is 1.21 bits per heavy atom. The van der Waals surface area contributed by atoms with Crippen LogP contribution in [0.5, 0.6) is 0 Å². The van der Waals surface area contributed by atoms with Gasteiger partial charge >= 0.3 is 5.97 Å². The molecule has 0 unspecified atom stereocenters. The number of aryl methyl sites for hydroxylation is 1. The predicted octanol–water partition coefficient (Wildman–Crippen LogP) is 2.32. The maximum Gasteiger partial charge on any atom is 0.343 e. The second-order valence-electron chi connectivity index (χ2n) is 5.58. The molecule has 6 heteroatoms. The fraction of sp³-hybridized carbons (Fsp3) is 0.444. The third kappa shape index (κ3) is 3.66. The molecule has 1 aromatic carbocycles. The van der Waals surface area contributed by atoms with Gasteiger partial charge in [-0.15, -0.1) is 0 Å². The standard InChI is InChI=1S/C18H23NO5/c1-5-24-18(21)15-9-19(13(10-22-3)11-23-4)16-7-6-12(2)8-14(16)17(15)20/h6-9,13H,5,10-11H2,1-4H3. The van der Waals surface area contributed by atoms with Crippen LogP contribution in [-0.4, -0.2) is 44.6 Å². The summed E-state index contributed by atoms with van der Waals surface area (Å²) in [6.45, 7) is 4.61. The number of esters is 1. The number of nitrogens with zero attached hydrogens (tertiary/aromatic N) is 1. The van der Waals surface area contributed by atoms with Crippen molar-refractivity contribution in [2.45, 2.75) is 19.9 Å². The average Bonchev–Trinajstić information content (AvgIpc) is 2.55. The number of benzene rings is 1. The third-order valence-electron chi connectivity index (χ3n) is 3.79. The van der Waals surface area contributed by atoms with Gasteiger partial charge in [-0.2, -0.15) is 0 Å². The Bertz CT molecular complexity index is 775. The van der Waals surface area contributed by atoms with Gasteiger partial charge in [0.05, 0.1) is 31.4 Å². The molecule has 130 valence electrons. The first-order valence-electron chi connectivity index (χ1n) is 7.84. The first-order valence-corrected chi connectivity index (χ1v) is 7.84. The molecule has 0 saturated heterocycles. The molecule has 1 aromatic heterocycles. The number of aromatic nitrogens is 1. The molecule has 0 aliphatic rings. The molecule has 1 heterocycles. The van der Waals surface area contributed by atoms with E-state index in [0.29, 0.717) is 18.6 Å². The Balaban J connectivity index is 2.74. The average molecular weight is 333 g/mol. The minimum absolute atomic E-state index is 0.0205. The van der Waals surface area contributed by atoms with Crippen LogP contribution in [0.15, 0.2) is 29.2 Å². The quantitative estimate of drug-likeness (QED) is 0.728. The van der Waals surface area contributed by atoms with Gasteiger partial charge in [0, 0.05) is 25.8 Å². The summed E-state index contributed by atoms with van der Waals surface area (Å²) < 4.78 is 17.4. The lowest BCUT2D eigenvalue weighted by atomic mass is 10.1. The van der Waals surface area contributed by atoms with Crippen molar-refractivity contribution < 1.29 is 19.0 Å². The molecule has 0 bridgehead atoms. The fourth-order valence-electron chi connectivity index (χ4n) is 2.72. The molecule has 0 aliphatic carbocycles. The Labute approximate surface area is 140 Å². The van der Waals surface area contributed by atoms with Gasteiger partial charge in [0.1, 0.15) is 5.56 Å². The highest BCUT2D eigenvalue weighted by atomic mass is 16.5. The van der Waals surface area contributed by atoms with E-state index in [2.05, 4.69) is 0 Å². The summed E-state index contributed by atoms with van der Waals surface area (Å²) >= 11 is 0. The summed E-state index contributed by atoms with van der Waals surface area (Å²) in [5.74, 6) is -0.617. The van der Waals surface area contributed by atoms with Crippen LogP contribution in [0, 0.1) is 6.92 Å². The normalized spacial score (nSPS) is 11.2. The van der Waals surface area contributed by atoms with Gasteiger partial charge in [-0.05, 0) is 26.0 Å². The predicted molar refractivity (Wildman–Crippen MR) is 91.7 cm³/mol. The largest absolute Gasteiger partial charge is 0.462 e. The van der Waals surface area contributed by atoms with Crippen LogP contribution in [0.2, 0.25) is 0 Å². The zero-order valence-electron chi connectivity index (χ0n) is 14.5. The second kappa shape index (κ2) is 8.08. The minimum atomic E-state index is -0.617. The van der Waals surface area contributed by atoms with Crippen molar-refractivity contribution in [1.82, 2.24) is 4.57 Å². The molecule has 0 spiro atoms. The van der Waals surface area contributed by atoms with Crippen LogP contribution in [-0.2, 0) is 14.2 Å². The van der Waals surface area contributed by atoms with Crippen molar-refractivity contribution >= 4 is 16.9 Å². The topological polar surface area (TPSA) is 66.8 Å². The summed E-state index contributed by atoms with van der Waals surface area (Å²) in [4.78, 5) is 24.9. The number of methoxy groups -OCH3 is 2. The van der Waals surface area contributed by atoms with Crippen molar-refractivity contribution in [2.24, 2.45) is 0 Å². The summed E-state index contributed by atoms with van der Waals surface area (Å²) in [6, 6.07) is 5.42. The summed E-state index contributed by atoms with van der Waals surface area (Å²) in [6.07, 6.45) is 1.54. The SMILES string of the molecule is CCOC(=O)c1cn(C(COC)COC)c2ccc(C)cc2c1=O. The maximum absolute atomic E-state index is 12.7. The molecule has 24 heavy (non-hydrogen) atoms. The van der Waals surface area contributed by atoms with Crippen LogP contribution < -0.4 is 5.43 Å². The van der Waals surface area contributed by atoms with Crippen molar-refractivity contribution in [1.29, 1.82) is 0 Å². The van der Waals surface area contributed by atoms with E-state index >= 15 is 0 Å². The number of fused-ring (bicyclic) bond motifs is 1. The number of hydrogen-bond acceptors (Lipinski definition) is 5. The number of carbonyl (C=O) groups is 1. The lowest BCUT2D eigenvalue weighted by molar-refractivity contribution is 0.0522. The van der Waals surface area contributed by atoms with E-state index in [4.69, 9.17) is 14.2 Å². The van der Waals surface area contributed by atoms with Gasteiger partial charge in [0.25, 0.3) is 0 Å². The second-order valence-corrected chi connectivity index (χ2v) is 5.58. The van der Waals surface area contributed by atoms with Crippen LogP contribution >= 0.6 is 0 Å². The fourth-order valence-corrected chi connectivity index (χ4v) is 2.72. The van der Waals surface area contributed by atoms with E-state index in [1.165, 1.54) is 0 Å². The van der Waals surface area contributed by atoms with Crippen LogP contribution in [0.1, 0.15) is 28.9 Å². The number of hydrogen-bond donors (Lipinski definition) is 0. The highest BCUT2D eigenvalue weighted by Crippen LogP contribution is 2.20. The van der Waals surface area contributed by atoms with Crippen LogP contribution in [0.4, 0.5) is 0 Å². The summed E-state index contributed by atoms with van der Waals surface area (Å²) in [7, 11) is 3.20. The van der Waals surface area contributed by atoms with Crippen LogP contribution in [0.3, 0.4) is 0 Å². The zero-order valence-corrected chi connectivity index (χ0v) is 14.5. The molecular formula is C18H23NO5. The number of carbonyl (C=O) groups excluding carboxylic acids is 1. The van der Waals surface area contributed by atoms with E-state index in [-0.39, 0.29) is 23.6 Å². The van der Waals surface area contributed by atoms with Crippen molar-refractivity contribution in [2.75, 3.05) is 34.0 Å². The zero-order chi connectivity index (χ0) is 17.7. The Kier molecular flexibility index (Phi) is 6.11. The Morgan fingerprint density at radius 2 is 1.88 bits per heavy atom. The molecule has 0 N–H and O–H groups in total. The minimum Gasteiger partial charge on any atom is -0.462 e. The van der Waals surface area contributed by atoms with E-state index in [1.807, 2.05) is 23.6 Å². The molecular weight excluding hydrogens is 310 g/mol. The third-order valence-corrected chi connectivity index (χ3v) is 3.79. The monoisotopic (exact) mass is 333 g/mol. The Hall–Kier alpha value is -2.18. The van der Waals surface area contributed by atoms with E-state index in [0.717, 1.165) is 11.1 Å². The summed E-state index contributed by atoms with van der Waals surface area (Å²) in [5.41, 5.74) is 1.38. The number of rotatable bonds is 7. The van der Waals surface area contributed by atoms with Gasteiger partial charge < -0.3 is 18.8 Å². The van der Waals surface area contributed by atoms with Gasteiger partial charge in [-0.3, -0.25) is 4.79 Å². The first kappa shape index (κ1) is 18.2. The molecule has 0 fully saturated rings. The van der Waals surface area contributed by atoms with E-state index in [9.17, 15) is 9.59 Å². The smallest absolute Gasteiger partial charge is 0.343 e. The number of ether oxygens (including phenoxy) is 3. The van der Waals surface area contributed by atoms with E-state index in [1.54, 1.807) is 33.4 Å². The molecule has 0 aliphatic heterocycles.